The lowest BCUT2D eigenvalue weighted by atomic mass is 9.85. The molecule has 0 amide bonds. The summed E-state index contributed by atoms with van der Waals surface area (Å²) in [5.74, 6) is 0. The molecule has 0 aliphatic heterocycles. The second-order valence-electron chi connectivity index (χ2n) is 16.4. The Morgan fingerprint density at radius 3 is 0.758 bits per heavy atom. The van der Waals surface area contributed by atoms with Crippen molar-refractivity contribution in [3.8, 4) is 66.8 Å². The molecule has 0 bridgehead atoms. The third-order valence-corrected chi connectivity index (χ3v) is 12.8. The maximum absolute atomic E-state index is 2.42. The van der Waals surface area contributed by atoms with E-state index in [-0.39, 0.29) is 0 Å². The smallest absolute Gasteiger partial charge is 0.00139 e. The van der Waals surface area contributed by atoms with E-state index in [4.69, 9.17) is 0 Å². The fourth-order valence-electron chi connectivity index (χ4n) is 9.76. The van der Waals surface area contributed by atoms with Crippen LogP contribution in [0.2, 0.25) is 0 Å². The molecular formula is C62H40. The quantitative estimate of drug-likeness (QED) is 0.147. The van der Waals surface area contributed by atoms with Crippen LogP contribution >= 0.6 is 0 Å². The second-order valence-corrected chi connectivity index (χ2v) is 16.4. The first-order chi connectivity index (χ1) is 30.7. The first kappa shape index (κ1) is 35.8. The molecule has 0 nitrogen and oxygen atoms in total. The molecule has 0 atom stereocenters. The first-order valence-corrected chi connectivity index (χ1v) is 21.5. The molecular weight excluding hydrogens is 745 g/mol. The van der Waals surface area contributed by atoms with Crippen molar-refractivity contribution in [2.75, 3.05) is 0 Å². The van der Waals surface area contributed by atoms with Gasteiger partial charge in [-0.3, -0.25) is 0 Å². The minimum Gasteiger partial charge on any atom is -0.0622 e. The lowest BCUT2D eigenvalue weighted by Crippen LogP contribution is -1.90. The summed E-state index contributed by atoms with van der Waals surface area (Å²) in [7, 11) is 0. The lowest BCUT2D eigenvalue weighted by Gasteiger charge is -2.18. The van der Waals surface area contributed by atoms with Gasteiger partial charge in [-0.05, 0) is 145 Å². The van der Waals surface area contributed by atoms with Crippen LogP contribution in [0.15, 0.2) is 243 Å². The van der Waals surface area contributed by atoms with E-state index < -0.39 is 0 Å². The summed E-state index contributed by atoms with van der Waals surface area (Å²) in [6.45, 7) is 0. The summed E-state index contributed by atoms with van der Waals surface area (Å²) in [5.41, 5.74) is 14.6. The first-order valence-electron chi connectivity index (χ1n) is 21.5. The summed E-state index contributed by atoms with van der Waals surface area (Å²) in [6, 6.07) is 89.2. The van der Waals surface area contributed by atoms with Crippen LogP contribution < -0.4 is 0 Å². The van der Waals surface area contributed by atoms with Gasteiger partial charge in [-0.1, -0.05) is 218 Å². The van der Waals surface area contributed by atoms with E-state index in [0.717, 1.165) is 0 Å². The monoisotopic (exact) mass is 784 g/mol. The van der Waals surface area contributed by atoms with Crippen molar-refractivity contribution in [3.05, 3.63) is 243 Å². The van der Waals surface area contributed by atoms with Crippen LogP contribution in [0, 0.1) is 0 Å². The highest BCUT2D eigenvalue weighted by Crippen LogP contribution is 2.46. The van der Waals surface area contributed by atoms with Crippen LogP contribution in [0.1, 0.15) is 0 Å². The highest BCUT2D eigenvalue weighted by atomic mass is 14.2. The van der Waals surface area contributed by atoms with Gasteiger partial charge >= 0.3 is 0 Å². The summed E-state index contributed by atoms with van der Waals surface area (Å²) in [6.07, 6.45) is 0. The van der Waals surface area contributed by atoms with Crippen LogP contribution in [-0.2, 0) is 0 Å². The molecule has 0 aliphatic rings. The SMILES string of the molecule is c1ccc(-c2ccc(-c3cccc(-c4ccc5c(c4)c4ccccc4c4c6ccc(-c7cccc(-c8ccc(-c9ccccc9)cc8)c7)cc6c6ccccc6c54)c3)cc2)cc1. The molecule has 0 aliphatic carbocycles. The zero-order valence-corrected chi connectivity index (χ0v) is 34.1. The third kappa shape index (κ3) is 6.16. The van der Waals surface area contributed by atoms with Gasteiger partial charge in [0.25, 0.3) is 0 Å². The van der Waals surface area contributed by atoms with E-state index in [9.17, 15) is 0 Å². The molecule has 12 aromatic rings. The summed E-state index contributed by atoms with van der Waals surface area (Å²) in [4.78, 5) is 0. The Morgan fingerprint density at radius 2 is 0.371 bits per heavy atom. The lowest BCUT2D eigenvalue weighted by molar-refractivity contribution is 1.58. The highest BCUT2D eigenvalue weighted by Gasteiger charge is 2.17. The van der Waals surface area contributed by atoms with E-state index in [0.29, 0.717) is 0 Å². The largest absolute Gasteiger partial charge is 0.0622 e. The van der Waals surface area contributed by atoms with E-state index in [1.54, 1.807) is 0 Å². The summed E-state index contributed by atoms with van der Waals surface area (Å²) < 4.78 is 0. The summed E-state index contributed by atoms with van der Waals surface area (Å²) in [5, 5.41) is 12.9. The van der Waals surface area contributed by atoms with Crippen LogP contribution in [0.5, 0.6) is 0 Å². The summed E-state index contributed by atoms with van der Waals surface area (Å²) >= 11 is 0. The van der Waals surface area contributed by atoms with E-state index >= 15 is 0 Å². The number of benzene rings is 12. The van der Waals surface area contributed by atoms with E-state index in [1.165, 1.54) is 121 Å². The third-order valence-electron chi connectivity index (χ3n) is 12.8. The number of rotatable bonds is 6. The molecule has 288 valence electrons. The predicted molar refractivity (Wildman–Crippen MR) is 267 cm³/mol. The molecule has 62 heavy (non-hydrogen) atoms. The van der Waals surface area contributed by atoms with Gasteiger partial charge in [0, 0.05) is 0 Å². The van der Waals surface area contributed by atoms with Crippen LogP contribution in [0.25, 0.3) is 121 Å². The second kappa shape index (κ2) is 14.9. The molecule has 0 heterocycles. The molecule has 0 saturated heterocycles. The number of hydrogen-bond donors (Lipinski definition) is 0. The Bertz CT molecular complexity index is 3390. The van der Waals surface area contributed by atoms with Gasteiger partial charge < -0.3 is 0 Å². The average molecular weight is 785 g/mol. The topological polar surface area (TPSA) is 0 Å². The Hall–Kier alpha value is -8.06. The number of fused-ring (bicyclic) bond motifs is 11. The van der Waals surface area contributed by atoms with Gasteiger partial charge in [-0.15, -0.1) is 0 Å². The fraction of sp³-hybridized carbons (Fsp3) is 0. The van der Waals surface area contributed by atoms with E-state index in [2.05, 4.69) is 243 Å². The van der Waals surface area contributed by atoms with Crippen molar-refractivity contribution in [3.63, 3.8) is 0 Å². The fourth-order valence-corrected chi connectivity index (χ4v) is 9.76. The molecule has 0 saturated carbocycles. The minimum atomic E-state index is 1.21. The Kier molecular flexibility index (Phi) is 8.61. The van der Waals surface area contributed by atoms with Crippen molar-refractivity contribution in [1.29, 1.82) is 0 Å². The Balaban J connectivity index is 0.973. The van der Waals surface area contributed by atoms with Crippen molar-refractivity contribution in [2.45, 2.75) is 0 Å². The normalized spacial score (nSPS) is 11.5. The number of hydrogen-bond acceptors (Lipinski definition) is 0. The van der Waals surface area contributed by atoms with Gasteiger partial charge in [0.05, 0.1) is 0 Å². The van der Waals surface area contributed by atoms with Crippen molar-refractivity contribution < 1.29 is 0 Å². The van der Waals surface area contributed by atoms with Crippen LogP contribution in [0.3, 0.4) is 0 Å². The zero-order chi connectivity index (χ0) is 41.0. The van der Waals surface area contributed by atoms with Gasteiger partial charge in [-0.25, -0.2) is 0 Å². The van der Waals surface area contributed by atoms with Crippen molar-refractivity contribution in [1.82, 2.24) is 0 Å². The van der Waals surface area contributed by atoms with Gasteiger partial charge in [0.15, 0.2) is 0 Å². The van der Waals surface area contributed by atoms with Crippen molar-refractivity contribution in [2.24, 2.45) is 0 Å². The molecule has 0 unspecified atom stereocenters. The Labute approximate surface area is 361 Å². The van der Waals surface area contributed by atoms with Crippen LogP contribution in [0.4, 0.5) is 0 Å². The molecule has 0 radical (unpaired) electrons. The zero-order valence-electron chi connectivity index (χ0n) is 34.1. The van der Waals surface area contributed by atoms with Gasteiger partial charge in [0.1, 0.15) is 0 Å². The maximum Gasteiger partial charge on any atom is -0.00139 e. The molecule has 0 aromatic heterocycles. The molecule has 0 spiro atoms. The predicted octanol–water partition coefficient (Wildman–Crippen LogP) is 17.5. The van der Waals surface area contributed by atoms with Crippen LogP contribution in [-0.4, -0.2) is 0 Å². The molecule has 0 fully saturated rings. The van der Waals surface area contributed by atoms with E-state index in [1.807, 2.05) is 0 Å². The van der Waals surface area contributed by atoms with Gasteiger partial charge in [-0.2, -0.15) is 0 Å². The molecule has 12 aromatic carbocycles. The molecule has 12 rings (SSSR count). The van der Waals surface area contributed by atoms with Gasteiger partial charge in [0.2, 0.25) is 0 Å². The standard InChI is InChI=1S/C62H40/c1-3-13-41(14-4-1)43-25-29-45(30-26-43)47-17-11-19-49(37-47)51-33-35-57-59(39-51)53-21-7-9-23-55(53)62-58-36-34-52(40-60(58)54-22-8-10-24-56(54)61(57)62)50-20-12-18-48(38-50)46-31-27-44(28-32-46)42-15-5-2-6-16-42/h1-40H. The molecule has 0 N–H and O–H groups in total. The minimum absolute atomic E-state index is 1.21. The Morgan fingerprint density at radius 1 is 0.129 bits per heavy atom. The maximum atomic E-state index is 2.42. The molecule has 0 heteroatoms. The average Bonchev–Trinajstić information content (AvgIpc) is 3.36. The highest BCUT2D eigenvalue weighted by molar-refractivity contribution is 6.39. The van der Waals surface area contributed by atoms with Crippen molar-refractivity contribution >= 4 is 53.9 Å².